The van der Waals surface area contributed by atoms with E-state index in [0.29, 0.717) is 22.8 Å². The summed E-state index contributed by atoms with van der Waals surface area (Å²) in [6.07, 6.45) is 4.98. The van der Waals surface area contributed by atoms with Crippen LogP contribution in [0.1, 0.15) is 60.4 Å². The second kappa shape index (κ2) is 8.16. The van der Waals surface area contributed by atoms with Gasteiger partial charge >= 0.3 is 0 Å². The number of hydrogen-bond donors (Lipinski definition) is 2. The summed E-state index contributed by atoms with van der Waals surface area (Å²) < 4.78 is 6.89. The first-order chi connectivity index (χ1) is 14.0. The molecular weight excluding hydrogens is 370 g/mol. The number of amides is 1. The Morgan fingerprint density at radius 2 is 2.10 bits per heavy atom. The molecule has 0 saturated carbocycles. The molecule has 2 N–H and O–H groups in total. The molecule has 1 amide bonds. The Morgan fingerprint density at radius 1 is 1.31 bits per heavy atom. The van der Waals surface area contributed by atoms with E-state index in [-0.39, 0.29) is 23.4 Å². The topological polar surface area (TPSA) is 101 Å². The average Bonchev–Trinajstić information content (AvgIpc) is 3.18. The molecule has 29 heavy (non-hydrogen) atoms. The van der Waals surface area contributed by atoms with Gasteiger partial charge in [0, 0.05) is 49.4 Å². The average molecular weight is 395 g/mol. The van der Waals surface area contributed by atoms with Gasteiger partial charge in [0.25, 0.3) is 11.5 Å². The number of hydrogen-bond acceptors (Lipinski definition) is 5. The molecule has 1 aliphatic heterocycles. The van der Waals surface area contributed by atoms with E-state index in [1.807, 2.05) is 19.9 Å². The van der Waals surface area contributed by atoms with Crippen LogP contribution in [0.5, 0.6) is 0 Å². The van der Waals surface area contributed by atoms with Crippen molar-refractivity contribution in [3.8, 4) is 0 Å². The molecule has 152 valence electrons. The van der Waals surface area contributed by atoms with E-state index in [4.69, 9.17) is 4.74 Å². The van der Waals surface area contributed by atoms with Gasteiger partial charge in [0.05, 0.1) is 17.3 Å². The van der Waals surface area contributed by atoms with Crippen LogP contribution in [0.2, 0.25) is 0 Å². The number of carbonyl (C=O) groups excluding carboxylic acids is 1. The molecule has 1 atom stereocenters. The minimum atomic E-state index is -0.387. The smallest absolute Gasteiger partial charge is 0.272 e. The Kier molecular flexibility index (Phi) is 5.44. The Labute approximate surface area is 168 Å². The van der Waals surface area contributed by atoms with Gasteiger partial charge in [-0.2, -0.15) is 0 Å². The fraction of sp³-hybridized carbons (Fsp3) is 0.429. The predicted octanol–water partition coefficient (Wildman–Crippen LogP) is 2.44. The number of fused-ring (bicyclic) bond motifs is 1. The maximum Gasteiger partial charge on any atom is 0.272 e. The van der Waals surface area contributed by atoms with E-state index < -0.39 is 0 Å². The Hall–Kier alpha value is -3.00. The third-order valence-electron chi connectivity index (χ3n) is 5.35. The predicted molar refractivity (Wildman–Crippen MR) is 108 cm³/mol. The zero-order valence-corrected chi connectivity index (χ0v) is 16.6. The molecular formula is C21H25N5O3. The van der Waals surface area contributed by atoms with Gasteiger partial charge in [-0.15, -0.1) is 0 Å². The number of H-pyrrole nitrogens is 1. The standard InChI is InChI=1S/C21H25N5O3/c1-13(2)20(24-21(28)15-4-3-7-22-12-15)17-11-19(27)26-18(23-17)10-16(25-26)14-5-8-29-9-6-14/h3-4,7,10-14,20,25H,5-6,8-9H2,1-2H3,(H,24,28)/t20-/m1/s1. The summed E-state index contributed by atoms with van der Waals surface area (Å²) in [5.41, 5.74) is 2.40. The van der Waals surface area contributed by atoms with Crippen LogP contribution in [0.3, 0.4) is 0 Å². The molecule has 3 aromatic rings. The van der Waals surface area contributed by atoms with Gasteiger partial charge in [-0.3, -0.25) is 19.7 Å². The van der Waals surface area contributed by atoms with Crippen molar-refractivity contribution in [3.05, 3.63) is 64.0 Å². The quantitative estimate of drug-likeness (QED) is 0.691. The lowest BCUT2D eigenvalue weighted by Crippen LogP contribution is -2.33. The molecule has 1 aliphatic rings. The molecule has 0 aromatic carbocycles. The number of aromatic amines is 1. The molecule has 3 aromatic heterocycles. The monoisotopic (exact) mass is 395 g/mol. The van der Waals surface area contributed by atoms with E-state index in [0.717, 1.165) is 31.7 Å². The summed E-state index contributed by atoms with van der Waals surface area (Å²) >= 11 is 0. The molecule has 8 heteroatoms. The van der Waals surface area contributed by atoms with Crippen molar-refractivity contribution < 1.29 is 9.53 Å². The highest BCUT2D eigenvalue weighted by molar-refractivity contribution is 5.94. The van der Waals surface area contributed by atoms with Crippen LogP contribution in [-0.2, 0) is 4.74 Å². The van der Waals surface area contributed by atoms with Crippen molar-refractivity contribution >= 4 is 11.6 Å². The maximum absolute atomic E-state index is 12.7. The largest absolute Gasteiger partial charge is 0.381 e. The van der Waals surface area contributed by atoms with Gasteiger partial charge < -0.3 is 10.1 Å². The van der Waals surface area contributed by atoms with Crippen LogP contribution < -0.4 is 10.9 Å². The van der Waals surface area contributed by atoms with E-state index >= 15 is 0 Å². The molecule has 4 heterocycles. The summed E-state index contributed by atoms with van der Waals surface area (Å²) in [4.78, 5) is 34.0. The molecule has 1 fully saturated rings. The first kappa shape index (κ1) is 19.3. The van der Waals surface area contributed by atoms with Crippen molar-refractivity contribution in [2.75, 3.05) is 13.2 Å². The molecule has 0 unspecified atom stereocenters. The number of aromatic nitrogens is 4. The molecule has 0 aliphatic carbocycles. The highest BCUT2D eigenvalue weighted by atomic mass is 16.5. The first-order valence-corrected chi connectivity index (χ1v) is 9.94. The van der Waals surface area contributed by atoms with Crippen molar-refractivity contribution in [1.82, 2.24) is 24.9 Å². The van der Waals surface area contributed by atoms with Crippen LogP contribution in [0.25, 0.3) is 5.65 Å². The van der Waals surface area contributed by atoms with Gasteiger partial charge in [-0.05, 0) is 30.9 Å². The van der Waals surface area contributed by atoms with Gasteiger partial charge in [0.15, 0.2) is 5.65 Å². The molecule has 1 saturated heterocycles. The number of ether oxygens (including phenoxy) is 1. The van der Waals surface area contributed by atoms with E-state index in [2.05, 4.69) is 20.4 Å². The summed E-state index contributed by atoms with van der Waals surface area (Å²) in [5, 5.41) is 6.18. The number of nitrogens with one attached hydrogen (secondary N) is 2. The highest BCUT2D eigenvalue weighted by Crippen LogP contribution is 2.26. The number of carbonyl (C=O) groups is 1. The summed E-state index contributed by atoms with van der Waals surface area (Å²) in [6, 6.07) is 6.46. The normalized spacial score (nSPS) is 16.2. The van der Waals surface area contributed by atoms with Crippen LogP contribution in [0.15, 0.2) is 41.5 Å². The van der Waals surface area contributed by atoms with E-state index in [1.54, 1.807) is 18.3 Å². The lowest BCUT2D eigenvalue weighted by molar-refractivity contribution is 0.0844. The van der Waals surface area contributed by atoms with Gasteiger partial charge in [-0.1, -0.05) is 13.8 Å². The second-order valence-electron chi connectivity index (χ2n) is 7.75. The van der Waals surface area contributed by atoms with Gasteiger partial charge in [0.2, 0.25) is 0 Å². The minimum Gasteiger partial charge on any atom is -0.381 e. The first-order valence-electron chi connectivity index (χ1n) is 9.94. The van der Waals surface area contributed by atoms with Gasteiger partial charge in [0.1, 0.15) is 0 Å². The van der Waals surface area contributed by atoms with Crippen LogP contribution in [0.4, 0.5) is 0 Å². The zero-order valence-electron chi connectivity index (χ0n) is 16.6. The van der Waals surface area contributed by atoms with Crippen molar-refractivity contribution in [3.63, 3.8) is 0 Å². The van der Waals surface area contributed by atoms with Crippen LogP contribution in [0, 0.1) is 5.92 Å². The fourth-order valence-corrected chi connectivity index (χ4v) is 3.71. The second-order valence-corrected chi connectivity index (χ2v) is 7.75. The molecule has 0 bridgehead atoms. The molecule has 0 spiro atoms. The lowest BCUT2D eigenvalue weighted by Gasteiger charge is -2.21. The lowest BCUT2D eigenvalue weighted by atomic mass is 9.97. The fourth-order valence-electron chi connectivity index (χ4n) is 3.71. The van der Waals surface area contributed by atoms with Gasteiger partial charge in [-0.25, -0.2) is 9.50 Å². The van der Waals surface area contributed by atoms with Crippen molar-refractivity contribution in [2.45, 2.75) is 38.6 Å². The molecule has 0 radical (unpaired) electrons. The Bertz CT molecular complexity index is 1050. The maximum atomic E-state index is 12.7. The highest BCUT2D eigenvalue weighted by Gasteiger charge is 2.23. The summed E-state index contributed by atoms with van der Waals surface area (Å²) in [6.45, 7) is 5.43. The van der Waals surface area contributed by atoms with E-state index in [9.17, 15) is 9.59 Å². The number of nitrogens with zero attached hydrogens (tertiary/aromatic N) is 3. The summed E-state index contributed by atoms with van der Waals surface area (Å²) in [5.74, 6) is 0.147. The molecule has 4 rings (SSSR count). The van der Waals surface area contributed by atoms with Crippen LogP contribution in [-0.4, -0.2) is 38.7 Å². The zero-order chi connectivity index (χ0) is 20.4. The van der Waals surface area contributed by atoms with E-state index in [1.165, 1.54) is 16.8 Å². The Morgan fingerprint density at radius 3 is 2.79 bits per heavy atom. The Balaban J connectivity index is 1.65. The third-order valence-corrected chi connectivity index (χ3v) is 5.35. The summed E-state index contributed by atoms with van der Waals surface area (Å²) in [7, 11) is 0. The molecule has 8 nitrogen and oxygen atoms in total. The van der Waals surface area contributed by atoms with Crippen LogP contribution >= 0.6 is 0 Å². The number of pyridine rings is 1. The minimum absolute atomic E-state index is 0.0545. The SMILES string of the molecule is CC(C)[C@@H](NC(=O)c1cccnc1)c1cc(=O)n2[nH]c(C3CCOCC3)cc2n1. The van der Waals surface area contributed by atoms with Crippen molar-refractivity contribution in [2.24, 2.45) is 5.92 Å². The third kappa shape index (κ3) is 4.07. The number of rotatable bonds is 5. The van der Waals surface area contributed by atoms with Crippen molar-refractivity contribution in [1.29, 1.82) is 0 Å².